The molecule has 0 saturated heterocycles. The van der Waals surface area contributed by atoms with Crippen molar-refractivity contribution >= 4 is 41.3 Å². The largest absolute Gasteiger partial charge is 0.331 e. The van der Waals surface area contributed by atoms with Crippen molar-refractivity contribution in [1.29, 1.82) is 0 Å². The molecule has 9 heteroatoms. The van der Waals surface area contributed by atoms with Crippen LogP contribution in [0.3, 0.4) is 0 Å². The Morgan fingerprint density at radius 2 is 2.08 bits per heavy atom. The van der Waals surface area contributed by atoms with Crippen LogP contribution in [0, 0.1) is 5.92 Å². The molecule has 2 aliphatic rings. The number of amides is 2. The molecule has 0 saturated carbocycles. The predicted octanol–water partition coefficient (Wildman–Crippen LogP) is 1.54. The Morgan fingerprint density at radius 1 is 1.32 bits per heavy atom. The number of carbonyl (C=O) groups is 2. The molecule has 0 radical (unpaired) electrons. The minimum absolute atomic E-state index is 0. The van der Waals surface area contributed by atoms with Crippen LogP contribution in [0.1, 0.15) is 42.3 Å². The van der Waals surface area contributed by atoms with E-state index in [0.29, 0.717) is 50.7 Å². The van der Waals surface area contributed by atoms with Gasteiger partial charge in [-0.05, 0) is 5.92 Å². The van der Waals surface area contributed by atoms with Crippen LogP contribution in [0.5, 0.6) is 0 Å². The maximum atomic E-state index is 12.8. The fourth-order valence-electron chi connectivity index (χ4n) is 2.94. The molecule has 2 amide bonds. The lowest BCUT2D eigenvalue weighted by molar-refractivity contribution is -0.132. The average molecular weight is 386 g/mol. The Labute approximate surface area is 157 Å². The third-order valence-electron chi connectivity index (χ3n) is 4.12. The molecule has 0 spiro atoms. The first-order chi connectivity index (χ1) is 11.5. The second kappa shape index (κ2) is 8.25. The summed E-state index contributed by atoms with van der Waals surface area (Å²) in [5.74, 6) is 0.229. The fourth-order valence-corrected chi connectivity index (χ4v) is 3.88. The summed E-state index contributed by atoms with van der Waals surface area (Å²) >= 11 is 1.63. The van der Waals surface area contributed by atoms with Gasteiger partial charge >= 0.3 is 0 Å². The summed E-state index contributed by atoms with van der Waals surface area (Å²) in [5, 5.41) is 6.69. The Bertz CT molecular complexity index is 688. The Morgan fingerprint density at radius 3 is 2.76 bits per heavy atom. The molecule has 3 heterocycles. The van der Waals surface area contributed by atoms with Crippen molar-refractivity contribution in [3.05, 3.63) is 15.6 Å². The van der Waals surface area contributed by atoms with Crippen LogP contribution in [-0.2, 0) is 29.1 Å². The van der Waals surface area contributed by atoms with Crippen LogP contribution in [0.15, 0.2) is 5.10 Å². The first-order valence-electron chi connectivity index (χ1n) is 8.32. The maximum absolute atomic E-state index is 12.8. The van der Waals surface area contributed by atoms with E-state index in [1.54, 1.807) is 16.2 Å². The lowest BCUT2D eigenvalue weighted by atomic mass is 10.1. The molecule has 0 bridgehead atoms. The van der Waals surface area contributed by atoms with Gasteiger partial charge in [-0.3, -0.25) is 9.59 Å². The van der Waals surface area contributed by atoms with Gasteiger partial charge in [0.2, 0.25) is 5.91 Å². The molecule has 0 fully saturated rings. The molecule has 0 unspecified atom stereocenters. The summed E-state index contributed by atoms with van der Waals surface area (Å²) in [4.78, 5) is 32.2. The summed E-state index contributed by atoms with van der Waals surface area (Å²) in [6.45, 7) is 6.21. The lowest BCUT2D eigenvalue weighted by Gasteiger charge is -2.29. The van der Waals surface area contributed by atoms with Crippen molar-refractivity contribution in [2.24, 2.45) is 16.8 Å². The number of fused-ring (bicyclic) bond motifs is 1. The van der Waals surface area contributed by atoms with Gasteiger partial charge in [-0.2, -0.15) is 5.10 Å². The maximum Gasteiger partial charge on any atom is 0.270 e. The molecule has 7 nitrogen and oxygen atoms in total. The van der Waals surface area contributed by atoms with Crippen LogP contribution < -0.4 is 5.73 Å². The number of aromatic nitrogens is 1. The molecule has 2 aliphatic heterocycles. The molecular formula is C16H24ClN5O2S. The zero-order valence-electron chi connectivity index (χ0n) is 14.5. The molecule has 1 aromatic heterocycles. The third-order valence-corrected chi connectivity index (χ3v) is 5.30. The van der Waals surface area contributed by atoms with Crippen LogP contribution in [0.2, 0.25) is 0 Å². The number of hydrogen-bond donors (Lipinski definition) is 1. The quantitative estimate of drug-likeness (QED) is 0.850. The molecular weight excluding hydrogens is 362 g/mol. The smallest absolute Gasteiger partial charge is 0.270 e. The van der Waals surface area contributed by atoms with Gasteiger partial charge in [-0.15, -0.1) is 23.7 Å². The van der Waals surface area contributed by atoms with Crippen LogP contribution >= 0.6 is 23.7 Å². The van der Waals surface area contributed by atoms with E-state index in [-0.39, 0.29) is 24.2 Å². The molecule has 1 aromatic rings. The molecule has 0 atom stereocenters. The number of rotatable bonds is 4. The van der Waals surface area contributed by atoms with Crippen molar-refractivity contribution in [3.8, 4) is 0 Å². The van der Waals surface area contributed by atoms with Gasteiger partial charge in [0.25, 0.3) is 5.91 Å². The SMILES string of the molecule is CC(C)CN1N=C(C(=O)N2CCc3sc(CN)nc3C2)CCC1=O.Cl. The second-order valence-corrected chi connectivity index (χ2v) is 7.74. The highest BCUT2D eigenvalue weighted by Crippen LogP contribution is 2.25. The van der Waals surface area contributed by atoms with E-state index in [2.05, 4.69) is 10.1 Å². The first kappa shape index (κ1) is 19.8. The van der Waals surface area contributed by atoms with Crippen molar-refractivity contribution < 1.29 is 9.59 Å². The van der Waals surface area contributed by atoms with E-state index in [4.69, 9.17) is 5.73 Å². The van der Waals surface area contributed by atoms with E-state index >= 15 is 0 Å². The number of halogens is 1. The van der Waals surface area contributed by atoms with Crippen molar-refractivity contribution in [2.45, 2.75) is 46.2 Å². The molecule has 0 aliphatic carbocycles. The lowest BCUT2D eigenvalue weighted by Crippen LogP contribution is -2.44. The Hall–Kier alpha value is -1.51. The monoisotopic (exact) mass is 385 g/mol. The number of hydrazone groups is 1. The number of hydrogen-bond acceptors (Lipinski definition) is 6. The van der Waals surface area contributed by atoms with E-state index in [9.17, 15) is 9.59 Å². The zero-order chi connectivity index (χ0) is 17.3. The summed E-state index contributed by atoms with van der Waals surface area (Å²) in [7, 11) is 0. The van der Waals surface area contributed by atoms with Crippen LogP contribution in [-0.4, -0.2) is 45.5 Å². The van der Waals surface area contributed by atoms with Gasteiger partial charge in [0.15, 0.2) is 0 Å². The summed E-state index contributed by atoms with van der Waals surface area (Å²) < 4.78 is 0. The highest BCUT2D eigenvalue weighted by Gasteiger charge is 2.30. The van der Waals surface area contributed by atoms with Crippen LogP contribution in [0.25, 0.3) is 0 Å². The predicted molar refractivity (Wildman–Crippen MR) is 99.6 cm³/mol. The summed E-state index contributed by atoms with van der Waals surface area (Å²) in [5.41, 5.74) is 7.08. The topological polar surface area (TPSA) is 91.9 Å². The second-order valence-electron chi connectivity index (χ2n) is 6.57. The molecule has 138 valence electrons. The van der Waals surface area contributed by atoms with Crippen molar-refractivity contribution in [2.75, 3.05) is 13.1 Å². The minimum atomic E-state index is -0.0794. The zero-order valence-corrected chi connectivity index (χ0v) is 16.2. The third kappa shape index (κ3) is 4.37. The number of thiazole rings is 1. The summed E-state index contributed by atoms with van der Waals surface area (Å²) in [6, 6.07) is 0. The standard InChI is InChI=1S/C16H23N5O2S.ClH/c1-10(2)8-21-15(22)4-3-11(19-21)16(23)20-6-5-13-12(9-20)18-14(7-17)24-13;/h10H,3-9,17H2,1-2H3;1H. The van der Waals surface area contributed by atoms with Gasteiger partial charge in [0, 0.05) is 43.8 Å². The van der Waals surface area contributed by atoms with Gasteiger partial charge in [0.1, 0.15) is 10.7 Å². The Balaban J connectivity index is 0.00000225. The number of nitrogens with two attached hydrogens (primary N) is 1. The van der Waals surface area contributed by atoms with Crippen molar-refractivity contribution in [1.82, 2.24) is 14.9 Å². The van der Waals surface area contributed by atoms with E-state index < -0.39 is 0 Å². The fraction of sp³-hybridized carbons (Fsp3) is 0.625. The van der Waals surface area contributed by atoms with E-state index in [1.165, 1.54) is 9.89 Å². The number of nitrogens with zero attached hydrogens (tertiary/aromatic N) is 4. The average Bonchev–Trinajstić information content (AvgIpc) is 2.98. The van der Waals surface area contributed by atoms with Gasteiger partial charge in [0.05, 0.1) is 12.2 Å². The number of carbonyl (C=O) groups excluding carboxylic acids is 2. The van der Waals surface area contributed by atoms with Gasteiger partial charge in [-0.1, -0.05) is 13.8 Å². The molecule has 3 rings (SSSR count). The van der Waals surface area contributed by atoms with Crippen molar-refractivity contribution in [3.63, 3.8) is 0 Å². The van der Waals surface area contributed by atoms with Gasteiger partial charge < -0.3 is 10.6 Å². The minimum Gasteiger partial charge on any atom is -0.331 e. The van der Waals surface area contributed by atoms with E-state index in [0.717, 1.165) is 17.1 Å². The van der Waals surface area contributed by atoms with E-state index in [1.807, 2.05) is 13.8 Å². The molecule has 0 aromatic carbocycles. The van der Waals surface area contributed by atoms with Gasteiger partial charge in [-0.25, -0.2) is 9.99 Å². The molecule has 25 heavy (non-hydrogen) atoms. The summed E-state index contributed by atoms with van der Waals surface area (Å²) in [6.07, 6.45) is 1.58. The normalized spacial score (nSPS) is 17.3. The molecule has 2 N–H and O–H groups in total. The highest BCUT2D eigenvalue weighted by molar-refractivity contribution is 7.11. The first-order valence-corrected chi connectivity index (χ1v) is 9.14. The van der Waals surface area contributed by atoms with Crippen LogP contribution in [0.4, 0.5) is 0 Å². The Kier molecular flexibility index (Phi) is 6.53. The highest BCUT2D eigenvalue weighted by atomic mass is 35.5.